The molecule has 3 heterocycles. The Morgan fingerprint density at radius 3 is 0.894 bits per heavy atom. The van der Waals surface area contributed by atoms with Crippen LogP contribution >= 0.6 is 0 Å². The zero-order valence-corrected chi connectivity index (χ0v) is 25.6. The van der Waals surface area contributed by atoms with E-state index in [1.165, 1.54) is 0 Å². The van der Waals surface area contributed by atoms with Gasteiger partial charge in [0.15, 0.2) is 0 Å². The van der Waals surface area contributed by atoms with Crippen molar-refractivity contribution in [2.45, 2.75) is 5.41 Å². The van der Waals surface area contributed by atoms with Gasteiger partial charge in [-0.2, -0.15) is 0 Å². The molecule has 47 heavy (non-hydrogen) atoms. The number of benzene rings is 4. The van der Waals surface area contributed by atoms with Crippen molar-refractivity contribution in [2.24, 2.45) is 0 Å². The van der Waals surface area contributed by atoms with Crippen molar-refractivity contribution in [3.8, 4) is 58.1 Å². The molecule has 0 fully saturated rings. The van der Waals surface area contributed by atoms with Crippen LogP contribution in [0.4, 0.5) is 0 Å². The zero-order valence-electron chi connectivity index (χ0n) is 25.6. The molecular formula is C44H29N3. The molecule has 0 spiro atoms. The Morgan fingerprint density at radius 1 is 0.340 bits per heavy atom. The molecule has 0 aliphatic carbocycles. The number of hydrogen-bond donors (Lipinski definition) is 0. The lowest BCUT2D eigenvalue weighted by molar-refractivity contribution is 0.745. The quantitative estimate of drug-likeness (QED) is 0.135. The van der Waals surface area contributed by atoms with Crippen LogP contribution in [-0.4, -0.2) is 15.0 Å². The van der Waals surface area contributed by atoms with E-state index in [-0.39, 0.29) is 0 Å². The van der Waals surface area contributed by atoms with E-state index in [4.69, 9.17) is 12.8 Å². The normalized spacial score (nSPS) is 10.9. The first-order valence-electron chi connectivity index (χ1n) is 15.3. The fourth-order valence-corrected chi connectivity index (χ4v) is 6.38. The van der Waals surface area contributed by atoms with Gasteiger partial charge in [-0.3, -0.25) is 15.0 Å². The summed E-state index contributed by atoms with van der Waals surface area (Å²) in [6.45, 7) is 0. The lowest BCUT2D eigenvalue weighted by Gasteiger charge is -2.37. The highest BCUT2D eigenvalue weighted by Gasteiger charge is 2.39. The third-order valence-corrected chi connectivity index (χ3v) is 8.69. The molecule has 0 radical (unpaired) electrons. The van der Waals surface area contributed by atoms with Gasteiger partial charge in [-0.05, 0) is 110 Å². The summed E-state index contributed by atoms with van der Waals surface area (Å²) >= 11 is 0. The first kappa shape index (κ1) is 29.2. The first-order valence-corrected chi connectivity index (χ1v) is 15.3. The summed E-state index contributed by atoms with van der Waals surface area (Å²) in [5.41, 5.74) is 11.6. The van der Waals surface area contributed by atoms with Crippen LogP contribution in [0.2, 0.25) is 0 Å². The van der Waals surface area contributed by atoms with E-state index < -0.39 is 5.41 Å². The van der Waals surface area contributed by atoms with E-state index in [9.17, 15) is 0 Å². The Balaban J connectivity index is 1.51. The van der Waals surface area contributed by atoms with Gasteiger partial charge in [-0.25, -0.2) is 0 Å². The van der Waals surface area contributed by atoms with Gasteiger partial charge in [-0.15, -0.1) is 12.8 Å². The molecule has 4 aromatic carbocycles. The molecule has 3 heteroatoms. The highest BCUT2D eigenvalue weighted by molar-refractivity contribution is 5.71. The Kier molecular flexibility index (Phi) is 7.96. The molecule has 220 valence electrons. The Labute approximate surface area is 275 Å². The first-order chi connectivity index (χ1) is 23.2. The number of nitrogens with zero attached hydrogens (tertiary/aromatic N) is 3. The van der Waals surface area contributed by atoms with E-state index in [0.717, 1.165) is 66.8 Å². The van der Waals surface area contributed by atoms with E-state index >= 15 is 0 Å². The number of hydrogen-bond acceptors (Lipinski definition) is 3. The largest absolute Gasteiger partial charge is 0.265 e. The Morgan fingerprint density at radius 2 is 0.617 bits per heavy atom. The molecule has 0 saturated heterocycles. The topological polar surface area (TPSA) is 38.7 Å². The maximum absolute atomic E-state index is 6.02. The van der Waals surface area contributed by atoms with E-state index in [2.05, 4.69) is 112 Å². The number of pyridine rings is 3. The fourth-order valence-electron chi connectivity index (χ4n) is 6.38. The minimum Gasteiger partial charge on any atom is -0.265 e. The van der Waals surface area contributed by atoms with Gasteiger partial charge in [0.25, 0.3) is 0 Å². The van der Waals surface area contributed by atoms with Gasteiger partial charge < -0.3 is 0 Å². The molecule has 7 aromatic rings. The third kappa shape index (κ3) is 5.59. The van der Waals surface area contributed by atoms with Crippen LogP contribution in [0.3, 0.4) is 0 Å². The lowest BCUT2D eigenvalue weighted by Crippen LogP contribution is -2.31. The van der Waals surface area contributed by atoms with Gasteiger partial charge in [0.2, 0.25) is 0 Å². The molecule has 0 atom stereocenters. The van der Waals surface area contributed by atoms with Crippen molar-refractivity contribution in [1.29, 1.82) is 0 Å². The summed E-state index contributed by atoms with van der Waals surface area (Å²) in [5, 5.41) is 0. The molecule has 0 aliphatic heterocycles. The van der Waals surface area contributed by atoms with Crippen LogP contribution in [0.1, 0.15) is 33.4 Å². The van der Waals surface area contributed by atoms with Crippen molar-refractivity contribution in [3.05, 3.63) is 198 Å². The highest BCUT2D eigenvalue weighted by atomic mass is 14.6. The van der Waals surface area contributed by atoms with Crippen molar-refractivity contribution < 1.29 is 0 Å². The Bertz CT molecular complexity index is 1980. The average molecular weight is 600 g/mol. The van der Waals surface area contributed by atoms with Gasteiger partial charge in [0.1, 0.15) is 0 Å². The smallest absolute Gasteiger partial charge is 0.0702 e. The molecule has 0 amide bonds. The maximum Gasteiger partial charge on any atom is 0.0702 e. The summed E-state index contributed by atoms with van der Waals surface area (Å²) < 4.78 is 0. The SMILES string of the molecule is C#Cc1cc(C#C)cc(C(c2ccc(-c3ccncc3)cc2)(c2ccc(-c3ccncc3)cc2)c2ccc(-c3ccncc3)cc2)c1. The molecule has 3 aromatic heterocycles. The molecule has 0 N–H and O–H groups in total. The second-order valence-corrected chi connectivity index (χ2v) is 11.3. The number of terminal acetylenes is 2. The minimum atomic E-state index is -0.761. The second kappa shape index (κ2) is 12.8. The van der Waals surface area contributed by atoms with Crippen molar-refractivity contribution in [2.75, 3.05) is 0 Å². The van der Waals surface area contributed by atoms with E-state index in [1.807, 2.05) is 79.6 Å². The van der Waals surface area contributed by atoms with Crippen LogP contribution in [0.25, 0.3) is 33.4 Å². The Hall–Kier alpha value is -6.55. The average Bonchev–Trinajstić information content (AvgIpc) is 3.17. The predicted molar refractivity (Wildman–Crippen MR) is 190 cm³/mol. The minimum absolute atomic E-state index is 0.732. The van der Waals surface area contributed by atoms with Crippen LogP contribution < -0.4 is 0 Å². The van der Waals surface area contributed by atoms with Gasteiger partial charge in [0, 0.05) is 48.3 Å². The molecule has 7 rings (SSSR count). The standard InChI is InChI=1S/C44H29N3/c1-3-32-29-33(4-2)31-43(30-32)44(40-11-5-34(6-12-40)37-17-23-45-24-18-37,41-13-7-35(8-14-41)38-19-25-46-26-20-38)42-15-9-36(10-16-42)39-21-27-47-28-22-39/h1-2,5-31H. The molecule has 0 aliphatic rings. The summed E-state index contributed by atoms with van der Waals surface area (Å²) in [6, 6.07) is 44.5. The summed E-state index contributed by atoms with van der Waals surface area (Å²) in [4.78, 5) is 12.6. The van der Waals surface area contributed by atoms with Crippen LogP contribution in [0.5, 0.6) is 0 Å². The number of rotatable bonds is 7. The zero-order chi connectivity index (χ0) is 32.1. The number of aromatic nitrogens is 3. The van der Waals surface area contributed by atoms with Gasteiger partial charge >= 0.3 is 0 Å². The lowest BCUT2D eigenvalue weighted by atomic mass is 9.64. The molecular weight excluding hydrogens is 571 g/mol. The monoisotopic (exact) mass is 599 g/mol. The molecule has 0 bridgehead atoms. The fraction of sp³-hybridized carbons (Fsp3) is 0.0227. The molecule has 0 saturated carbocycles. The molecule has 0 unspecified atom stereocenters. The summed E-state index contributed by atoms with van der Waals surface area (Å²) in [6.07, 6.45) is 22.9. The second-order valence-electron chi connectivity index (χ2n) is 11.3. The van der Waals surface area contributed by atoms with Crippen molar-refractivity contribution in [1.82, 2.24) is 15.0 Å². The van der Waals surface area contributed by atoms with Crippen LogP contribution in [0.15, 0.2) is 165 Å². The molecule has 3 nitrogen and oxygen atoms in total. The third-order valence-electron chi connectivity index (χ3n) is 8.69. The van der Waals surface area contributed by atoms with Crippen LogP contribution in [0, 0.1) is 24.7 Å². The summed E-state index contributed by atoms with van der Waals surface area (Å²) in [5.74, 6) is 5.69. The maximum atomic E-state index is 6.02. The van der Waals surface area contributed by atoms with Crippen molar-refractivity contribution in [3.63, 3.8) is 0 Å². The highest BCUT2D eigenvalue weighted by Crippen LogP contribution is 2.47. The summed E-state index contributed by atoms with van der Waals surface area (Å²) in [7, 11) is 0. The van der Waals surface area contributed by atoms with E-state index in [0.29, 0.717) is 0 Å². The van der Waals surface area contributed by atoms with Crippen molar-refractivity contribution >= 4 is 0 Å². The van der Waals surface area contributed by atoms with Crippen LogP contribution in [-0.2, 0) is 5.41 Å². The predicted octanol–water partition coefficient (Wildman–Crippen LogP) is 9.22. The van der Waals surface area contributed by atoms with Gasteiger partial charge in [0.05, 0.1) is 5.41 Å². The van der Waals surface area contributed by atoms with E-state index in [1.54, 1.807) is 0 Å². The van der Waals surface area contributed by atoms with Gasteiger partial charge in [-0.1, -0.05) is 84.6 Å².